The van der Waals surface area contributed by atoms with Crippen LogP contribution in [0, 0.1) is 5.82 Å². The minimum atomic E-state index is -3.84. The van der Waals surface area contributed by atoms with E-state index in [-0.39, 0.29) is 23.3 Å². The highest BCUT2D eigenvalue weighted by atomic mass is 35.5. The summed E-state index contributed by atoms with van der Waals surface area (Å²) < 4.78 is 44.0. The Morgan fingerprint density at radius 2 is 1.90 bits per heavy atom. The van der Waals surface area contributed by atoms with Crippen molar-refractivity contribution >= 4 is 44.2 Å². The molecule has 2 aliphatic heterocycles. The van der Waals surface area contributed by atoms with E-state index in [1.54, 1.807) is 24.3 Å². The molecule has 1 saturated heterocycles. The van der Waals surface area contributed by atoms with Gasteiger partial charge in [-0.1, -0.05) is 0 Å². The second-order valence-electron chi connectivity index (χ2n) is 8.12. The lowest BCUT2D eigenvalue weighted by atomic mass is 9.99. The molecule has 8 heteroatoms. The SMILES string of the molecule is Cl.Cn1c2c(c3cc(S(=O)(=O)n4ccc5ccc(F)cc54)ccc31)C1CCC(C2)N1. The van der Waals surface area contributed by atoms with Gasteiger partial charge in [0.15, 0.2) is 0 Å². The molecule has 0 aliphatic carbocycles. The van der Waals surface area contributed by atoms with Crippen LogP contribution in [-0.4, -0.2) is 23.0 Å². The first-order valence-electron chi connectivity index (χ1n) is 9.83. The first kappa shape index (κ1) is 19.6. The highest BCUT2D eigenvalue weighted by molar-refractivity contribution is 7.90. The summed E-state index contributed by atoms with van der Waals surface area (Å²) in [4.78, 5) is 0.222. The van der Waals surface area contributed by atoms with Crippen molar-refractivity contribution in [2.75, 3.05) is 0 Å². The van der Waals surface area contributed by atoms with E-state index in [1.807, 2.05) is 6.07 Å². The number of aromatic nitrogens is 2. The number of fused-ring (bicyclic) bond motifs is 7. The van der Waals surface area contributed by atoms with Crippen LogP contribution in [0.2, 0.25) is 0 Å². The van der Waals surface area contributed by atoms with Crippen LogP contribution in [0.1, 0.15) is 30.1 Å². The van der Waals surface area contributed by atoms with Gasteiger partial charge in [-0.25, -0.2) is 16.8 Å². The fourth-order valence-corrected chi connectivity index (χ4v) is 6.51. The fourth-order valence-electron chi connectivity index (χ4n) is 5.14. The maximum atomic E-state index is 13.8. The zero-order valence-electron chi connectivity index (χ0n) is 16.3. The average molecular weight is 446 g/mol. The van der Waals surface area contributed by atoms with Crippen LogP contribution in [0.5, 0.6) is 0 Å². The Balaban J connectivity index is 0.00000193. The summed E-state index contributed by atoms with van der Waals surface area (Å²) in [5.74, 6) is -0.456. The van der Waals surface area contributed by atoms with Gasteiger partial charge in [0.05, 0.1) is 10.4 Å². The number of rotatable bonds is 2. The van der Waals surface area contributed by atoms with Gasteiger partial charge >= 0.3 is 0 Å². The largest absolute Gasteiger partial charge is 0.347 e. The molecule has 4 aromatic rings. The van der Waals surface area contributed by atoms with Crippen LogP contribution in [-0.2, 0) is 23.5 Å². The second-order valence-corrected chi connectivity index (χ2v) is 9.93. The van der Waals surface area contributed by atoms with E-state index >= 15 is 0 Å². The molecule has 0 saturated carbocycles. The molecule has 156 valence electrons. The first-order chi connectivity index (χ1) is 13.9. The van der Waals surface area contributed by atoms with Gasteiger partial charge in [0.2, 0.25) is 0 Å². The zero-order valence-corrected chi connectivity index (χ0v) is 17.9. The van der Waals surface area contributed by atoms with Crippen molar-refractivity contribution < 1.29 is 12.8 Å². The van der Waals surface area contributed by atoms with Gasteiger partial charge in [0.25, 0.3) is 10.0 Å². The number of nitrogens with one attached hydrogen (secondary N) is 1. The number of hydrogen-bond acceptors (Lipinski definition) is 3. The van der Waals surface area contributed by atoms with Crippen molar-refractivity contribution in [2.45, 2.75) is 36.2 Å². The molecule has 4 heterocycles. The van der Waals surface area contributed by atoms with Crippen molar-refractivity contribution in [3.63, 3.8) is 0 Å². The Morgan fingerprint density at radius 1 is 1.07 bits per heavy atom. The average Bonchev–Trinajstić information content (AvgIpc) is 3.37. The van der Waals surface area contributed by atoms with Crippen molar-refractivity contribution in [2.24, 2.45) is 7.05 Å². The van der Waals surface area contributed by atoms with Gasteiger partial charge in [0, 0.05) is 53.7 Å². The second kappa shape index (κ2) is 6.57. The number of benzene rings is 2. The summed E-state index contributed by atoms with van der Waals surface area (Å²) in [5, 5.41) is 5.34. The Morgan fingerprint density at radius 3 is 2.73 bits per heavy atom. The third-order valence-corrected chi connectivity index (χ3v) is 8.23. The third kappa shape index (κ3) is 2.58. The van der Waals surface area contributed by atoms with E-state index in [0.717, 1.165) is 30.2 Å². The molecule has 2 bridgehead atoms. The Kier molecular flexibility index (Phi) is 4.29. The Labute approximate surface area is 179 Å². The monoisotopic (exact) mass is 445 g/mol. The van der Waals surface area contributed by atoms with Gasteiger partial charge in [0.1, 0.15) is 5.82 Å². The quantitative estimate of drug-likeness (QED) is 0.501. The number of nitrogens with zero attached hydrogens (tertiary/aromatic N) is 2. The maximum absolute atomic E-state index is 13.8. The van der Waals surface area contributed by atoms with Gasteiger partial charge in [-0.15, -0.1) is 12.4 Å². The summed E-state index contributed by atoms with van der Waals surface area (Å²) in [6, 6.07) is 12.0. The van der Waals surface area contributed by atoms with Gasteiger partial charge in [-0.2, -0.15) is 0 Å². The van der Waals surface area contributed by atoms with Crippen molar-refractivity contribution in [1.29, 1.82) is 0 Å². The van der Waals surface area contributed by atoms with E-state index in [1.165, 1.54) is 33.6 Å². The number of hydrogen-bond donors (Lipinski definition) is 1. The van der Waals surface area contributed by atoms with Gasteiger partial charge in [-0.3, -0.25) is 0 Å². The van der Waals surface area contributed by atoms with Crippen LogP contribution in [0.25, 0.3) is 21.8 Å². The molecule has 0 amide bonds. The van der Waals surface area contributed by atoms with Crippen LogP contribution in [0.4, 0.5) is 4.39 Å². The molecule has 0 spiro atoms. The summed E-state index contributed by atoms with van der Waals surface area (Å²) in [5.41, 5.74) is 3.93. The lowest BCUT2D eigenvalue weighted by Crippen LogP contribution is -2.32. The lowest BCUT2D eigenvalue weighted by molar-refractivity contribution is 0.503. The van der Waals surface area contributed by atoms with E-state index in [0.29, 0.717) is 16.9 Å². The highest BCUT2D eigenvalue weighted by Crippen LogP contribution is 2.42. The van der Waals surface area contributed by atoms with Gasteiger partial charge in [-0.05, 0) is 60.9 Å². The van der Waals surface area contributed by atoms with E-state index in [4.69, 9.17) is 0 Å². The molecule has 2 aromatic heterocycles. The van der Waals surface area contributed by atoms with Crippen LogP contribution in [0.3, 0.4) is 0 Å². The molecule has 1 N–H and O–H groups in total. The zero-order chi connectivity index (χ0) is 19.9. The Hall–Kier alpha value is -2.35. The Bertz CT molecular complexity index is 1420. The van der Waals surface area contributed by atoms with E-state index in [9.17, 15) is 12.8 Å². The molecule has 30 heavy (non-hydrogen) atoms. The standard InChI is InChI=1S/C22H20FN3O2S.ClH/c1-25-19-7-5-16(12-17(19)22-18-6-4-15(24-18)11-21(22)25)29(27,28)26-9-8-13-2-3-14(23)10-20(13)26;/h2-3,5,7-10,12,15,18,24H,4,6,11H2,1H3;1H. The summed E-state index contributed by atoms with van der Waals surface area (Å²) in [7, 11) is -1.78. The van der Waals surface area contributed by atoms with Crippen LogP contribution >= 0.6 is 12.4 Å². The maximum Gasteiger partial charge on any atom is 0.268 e. The molecule has 6 rings (SSSR count). The normalized spacial score (nSPS) is 20.5. The number of aryl methyl sites for hydroxylation is 1. The smallest absolute Gasteiger partial charge is 0.268 e. The summed E-state index contributed by atoms with van der Waals surface area (Å²) >= 11 is 0. The van der Waals surface area contributed by atoms with E-state index in [2.05, 4.69) is 16.9 Å². The first-order valence-corrected chi connectivity index (χ1v) is 11.3. The molecule has 0 radical (unpaired) electrons. The molecule has 5 nitrogen and oxygen atoms in total. The fraction of sp³-hybridized carbons (Fsp3) is 0.273. The molecule has 2 unspecified atom stereocenters. The molecule has 2 atom stereocenters. The van der Waals surface area contributed by atoms with Crippen molar-refractivity contribution in [3.05, 3.63) is 65.7 Å². The van der Waals surface area contributed by atoms with Crippen LogP contribution in [0.15, 0.2) is 53.6 Å². The predicted octanol–water partition coefficient (Wildman–Crippen LogP) is 4.28. The number of halogens is 2. The molecular formula is C22H21ClFN3O2S. The molecule has 2 aromatic carbocycles. The van der Waals surface area contributed by atoms with Crippen molar-refractivity contribution in [3.8, 4) is 0 Å². The van der Waals surface area contributed by atoms with E-state index < -0.39 is 15.8 Å². The molecule has 1 fully saturated rings. The summed E-state index contributed by atoms with van der Waals surface area (Å²) in [6.07, 6.45) is 4.70. The third-order valence-electron chi connectivity index (χ3n) is 6.54. The van der Waals surface area contributed by atoms with Gasteiger partial charge < -0.3 is 9.88 Å². The lowest BCUT2D eigenvalue weighted by Gasteiger charge is -2.23. The topological polar surface area (TPSA) is 56.0 Å². The minimum Gasteiger partial charge on any atom is -0.347 e. The highest BCUT2D eigenvalue weighted by Gasteiger charge is 2.36. The van der Waals surface area contributed by atoms with Crippen LogP contribution < -0.4 is 5.32 Å². The summed E-state index contributed by atoms with van der Waals surface area (Å²) in [6.45, 7) is 0. The predicted molar refractivity (Wildman–Crippen MR) is 117 cm³/mol. The van der Waals surface area contributed by atoms with Crippen molar-refractivity contribution in [1.82, 2.24) is 13.9 Å². The molecule has 2 aliphatic rings. The molecular weight excluding hydrogens is 425 g/mol. The minimum absolute atomic E-state index is 0.